The molecule has 1 aliphatic rings. The lowest BCUT2D eigenvalue weighted by Gasteiger charge is -2.36. The second kappa shape index (κ2) is 7.35. The third kappa shape index (κ3) is 4.15. The SMILES string of the molecule is CSC1(C#N)CCN(CCOc2cccc(Br)c2)CC1. The van der Waals surface area contributed by atoms with Crippen LogP contribution in [-0.2, 0) is 0 Å². The average molecular weight is 355 g/mol. The normalized spacial score (nSPS) is 18.4. The fourth-order valence-corrected chi connectivity index (χ4v) is 3.41. The molecule has 1 fully saturated rings. The molecule has 1 heterocycles. The van der Waals surface area contributed by atoms with E-state index in [-0.39, 0.29) is 4.75 Å². The molecule has 2 rings (SSSR count). The van der Waals surface area contributed by atoms with Crippen LogP contribution >= 0.6 is 27.7 Å². The van der Waals surface area contributed by atoms with Gasteiger partial charge in [0.15, 0.2) is 0 Å². The van der Waals surface area contributed by atoms with Gasteiger partial charge in [-0.25, -0.2) is 0 Å². The second-order valence-corrected chi connectivity index (χ2v) is 7.06. The van der Waals surface area contributed by atoms with Crippen molar-refractivity contribution in [2.24, 2.45) is 0 Å². The van der Waals surface area contributed by atoms with Gasteiger partial charge in [-0.15, -0.1) is 11.8 Å². The lowest BCUT2D eigenvalue weighted by atomic mass is 9.97. The van der Waals surface area contributed by atoms with Crippen molar-refractivity contribution in [2.75, 3.05) is 32.5 Å². The Morgan fingerprint density at radius 1 is 1.45 bits per heavy atom. The Bertz CT molecular complexity index is 481. The monoisotopic (exact) mass is 354 g/mol. The molecule has 0 unspecified atom stereocenters. The van der Waals surface area contributed by atoms with Crippen LogP contribution in [0.3, 0.4) is 0 Å². The zero-order chi connectivity index (χ0) is 14.4. The molecular formula is C15H19BrN2OS. The van der Waals surface area contributed by atoms with Crippen molar-refractivity contribution in [3.63, 3.8) is 0 Å². The molecule has 1 aliphatic heterocycles. The molecule has 3 nitrogen and oxygen atoms in total. The largest absolute Gasteiger partial charge is 0.492 e. The maximum absolute atomic E-state index is 9.26. The minimum Gasteiger partial charge on any atom is -0.492 e. The van der Waals surface area contributed by atoms with Crippen LogP contribution in [0.2, 0.25) is 0 Å². The van der Waals surface area contributed by atoms with Gasteiger partial charge in [-0.05, 0) is 37.3 Å². The van der Waals surface area contributed by atoms with Crippen molar-refractivity contribution in [3.05, 3.63) is 28.7 Å². The third-order valence-corrected chi connectivity index (χ3v) is 5.50. The average Bonchev–Trinajstić information content (AvgIpc) is 2.48. The Morgan fingerprint density at radius 2 is 2.20 bits per heavy atom. The number of thioether (sulfide) groups is 1. The van der Waals surface area contributed by atoms with Crippen LogP contribution in [0.5, 0.6) is 5.75 Å². The number of rotatable bonds is 5. The Labute approximate surface area is 133 Å². The van der Waals surface area contributed by atoms with Gasteiger partial charge in [0.1, 0.15) is 17.1 Å². The summed E-state index contributed by atoms with van der Waals surface area (Å²) in [5.74, 6) is 0.895. The first kappa shape index (κ1) is 15.7. The number of likely N-dealkylation sites (tertiary alicyclic amines) is 1. The maximum Gasteiger partial charge on any atom is 0.120 e. The first-order chi connectivity index (χ1) is 9.67. The van der Waals surface area contributed by atoms with Crippen molar-refractivity contribution in [2.45, 2.75) is 17.6 Å². The number of hydrogen-bond acceptors (Lipinski definition) is 4. The van der Waals surface area contributed by atoms with Gasteiger partial charge in [-0.2, -0.15) is 5.26 Å². The number of ether oxygens (including phenoxy) is 1. The summed E-state index contributed by atoms with van der Waals surface area (Å²) in [4.78, 5) is 2.38. The minimum absolute atomic E-state index is 0.165. The summed E-state index contributed by atoms with van der Waals surface area (Å²) in [7, 11) is 0. The van der Waals surface area contributed by atoms with E-state index in [0.717, 1.165) is 42.7 Å². The summed E-state index contributed by atoms with van der Waals surface area (Å²) < 4.78 is 6.62. The smallest absolute Gasteiger partial charge is 0.120 e. The zero-order valence-electron chi connectivity index (χ0n) is 11.6. The molecule has 1 aromatic carbocycles. The van der Waals surface area contributed by atoms with Crippen LogP contribution in [0.15, 0.2) is 28.7 Å². The van der Waals surface area contributed by atoms with E-state index in [1.807, 2.05) is 30.5 Å². The number of hydrogen-bond donors (Lipinski definition) is 0. The predicted molar refractivity (Wildman–Crippen MR) is 87.2 cm³/mol. The molecule has 0 saturated carbocycles. The first-order valence-corrected chi connectivity index (χ1v) is 8.76. The van der Waals surface area contributed by atoms with E-state index in [9.17, 15) is 5.26 Å². The van der Waals surface area contributed by atoms with Crippen molar-refractivity contribution >= 4 is 27.7 Å². The molecule has 0 atom stereocenters. The Balaban J connectivity index is 1.73. The van der Waals surface area contributed by atoms with Gasteiger partial charge in [0.2, 0.25) is 0 Å². The first-order valence-electron chi connectivity index (χ1n) is 6.74. The molecule has 0 bridgehead atoms. The molecule has 0 amide bonds. The van der Waals surface area contributed by atoms with Crippen molar-refractivity contribution in [3.8, 4) is 11.8 Å². The molecule has 1 saturated heterocycles. The van der Waals surface area contributed by atoms with Crippen LogP contribution in [0.4, 0.5) is 0 Å². The molecule has 20 heavy (non-hydrogen) atoms. The fourth-order valence-electron chi connectivity index (χ4n) is 2.35. The molecule has 0 spiro atoms. The lowest BCUT2D eigenvalue weighted by molar-refractivity contribution is 0.176. The van der Waals surface area contributed by atoms with E-state index in [1.165, 1.54) is 0 Å². The van der Waals surface area contributed by atoms with Gasteiger partial charge >= 0.3 is 0 Å². The number of halogens is 1. The number of piperidine rings is 1. The summed E-state index contributed by atoms with van der Waals surface area (Å²) >= 11 is 5.13. The molecule has 0 aromatic heterocycles. The highest BCUT2D eigenvalue weighted by molar-refractivity contribution is 9.10. The summed E-state index contributed by atoms with van der Waals surface area (Å²) in [6, 6.07) is 10.4. The van der Waals surface area contributed by atoms with Gasteiger partial charge in [-0.1, -0.05) is 22.0 Å². The summed E-state index contributed by atoms with van der Waals surface area (Å²) in [6.07, 6.45) is 3.93. The Kier molecular flexibility index (Phi) is 5.76. The van der Waals surface area contributed by atoms with E-state index in [1.54, 1.807) is 11.8 Å². The summed E-state index contributed by atoms with van der Waals surface area (Å²) in [6.45, 7) is 3.57. The molecule has 0 N–H and O–H groups in total. The van der Waals surface area contributed by atoms with Gasteiger partial charge in [0, 0.05) is 24.1 Å². The standard InChI is InChI=1S/C15H19BrN2OS/c1-20-15(12-17)5-7-18(8-6-15)9-10-19-14-4-2-3-13(16)11-14/h2-4,11H,5-10H2,1H3. The van der Waals surface area contributed by atoms with Crippen molar-refractivity contribution < 1.29 is 4.74 Å². The molecule has 0 aliphatic carbocycles. The predicted octanol–water partition coefficient (Wildman–Crippen LogP) is 3.55. The highest BCUT2D eigenvalue weighted by Crippen LogP contribution is 2.33. The van der Waals surface area contributed by atoms with Gasteiger partial charge < -0.3 is 4.74 Å². The highest BCUT2D eigenvalue weighted by atomic mass is 79.9. The summed E-state index contributed by atoms with van der Waals surface area (Å²) in [5, 5.41) is 9.26. The van der Waals surface area contributed by atoms with E-state index in [0.29, 0.717) is 6.61 Å². The van der Waals surface area contributed by atoms with Gasteiger partial charge in [-0.3, -0.25) is 4.90 Å². The molecule has 1 aromatic rings. The van der Waals surface area contributed by atoms with Crippen molar-refractivity contribution in [1.29, 1.82) is 5.26 Å². The lowest BCUT2D eigenvalue weighted by Crippen LogP contribution is -2.43. The molecular weight excluding hydrogens is 336 g/mol. The Hall–Kier alpha value is -0.700. The minimum atomic E-state index is -0.165. The third-order valence-electron chi connectivity index (χ3n) is 3.73. The van der Waals surface area contributed by atoms with E-state index < -0.39 is 0 Å². The van der Waals surface area contributed by atoms with Gasteiger partial charge in [0.25, 0.3) is 0 Å². The number of nitriles is 1. The van der Waals surface area contributed by atoms with Crippen LogP contribution in [0.25, 0.3) is 0 Å². The van der Waals surface area contributed by atoms with E-state index in [4.69, 9.17) is 4.74 Å². The quantitative estimate of drug-likeness (QED) is 0.809. The molecule has 5 heteroatoms. The topological polar surface area (TPSA) is 36.3 Å². The number of benzene rings is 1. The van der Waals surface area contributed by atoms with Crippen LogP contribution in [-0.4, -0.2) is 42.1 Å². The van der Waals surface area contributed by atoms with Crippen LogP contribution in [0.1, 0.15) is 12.8 Å². The van der Waals surface area contributed by atoms with Gasteiger partial charge in [0.05, 0.1) is 6.07 Å². The molecule has 108 valence electrons. The zero-order valence-corrected chi connectivity index (χ0v) is 14.0. The van der Waals surface area contributed by atoms with Crippen LogP contribution < -0.4 is 4.74 Å². The maximum atomic E-state index is 9.26. The van der Waals surface area contributed by atoms with E-state index in [2.05, 4.69) is 26.9 Å². The van der Waals surface area contributed by atoms with Crippen LogP contribution in [0, 0.1) is 11.3 Å². The molecule has 0 radical (unpaired) electrons. The van der Waals surface area contributed by atoms with E-state index >= 15 is 0 Å². The highest BCUT2D eigenvalue weighted by Gasteiger charge is 2.33. The summed E-state index contributed by atoms with van der Waals surface area (Å²) in [5.41, 5.74) is 0. The number of nitrogens with zero attached hydrogens (tertiary/aromatic N) is 2. The second-order valence-electron chi connectivity index (χ2n) is 4.96. The Morgan fingerprint density at radius 3 is 2.80 bits per heavy atom. The van der Waals surface area contributed by atoms with Crippen molar-refractivity contribution in [1.82, 2.24) is 4.90 Å². The fraction of sp³-hybridized carbons (Fsp3) is 0.533.